The number of aliphatic hydroxyl groups excluding tert-OH is 1. The highest BCUT2D eigenvalue weighted by Gasteiger charge is 2.28. The van der Waals surface area contributed by atoms with Crippen molar-refractivity contribution < 1.29 is 18.3 Å². The second-order valence-electron chi connectivity index (χ2n) is 4.29. The number of rotatable bonds is 6. The number of methoxy groups -OCH3 is 1. The first-order chi connectivity index (χ1) is 7.82. The molecule has 0 aliphatic rings. The molecule has 0 unspecified atom stereocenters. The number of aliphatic hydroxyl groups is 1. The third kappa shape index (κ3) is 3.75. The lowest BCUT2D eigenvalue weighted by Gasteiger charge is -2.24. The van der Waals surface area contributed by atoms with E-state index in [1.165, 1.54) is 24.5 Å². The van der Waals surface area contributed by atoms with Gasteiger partial charge in [0.15, 0.2) is 0 Å². The van der Waals surface area contributed by atoms with E-state index in [0.717, 1.165) is 0 Å². The van der Waals surface area contributed by atoms with Crippen molar-refractivity contribution in [2.24, 2.45) is 0 Å². The first kappa shape index (κ1) is 14.6. The van der Waals surface area contributed by atoms with E-state index < -0.39 is 15.6 Å². The molecule has 0 radical (unpaired) electrons. The molecule has 0 bridgehead atoms. The van der Waals surface area contributed by atoms with Crippen LogP contribution in [0.4, 0.5) is 0 Å². The first-order valence-electron chi connectivity index (χ1n) is 5.02. The normalized spacial score (nSPS) is 12.9. The van der Waals surface area contributed by atoms with Gasteiger partial charge in [0, 0.05) is 12.0 Å². The van der Waals surface area contributed by atoms with E-state index in [2.05, 4.69) is 4.72 Å². The number of ether oxygens (including phenoxy) is 1. The van der Waals surface area contributed by atoms with Crippen LogP contribution in [0.3, 0.4) is 0 Å². The van der Waals surface area contributed by atoms with E-state index in [-0.39, 0.29) is 18.1 Å². The van der Waals surface area contributed by atoms with Gasteiger partial charge < -0.3 is 9.84 Å². The van der Waals surface area contributed by atoms with Crippen molar-refractivity contribution in [2.45, 2.75) is 30.9 Å². The molecule has 7 heteroatoms. The monoisotopic (exact) mass is 279 g/mol. The minimum absolute atomic E-state index is 0.133. The number of hydrogen-bond donors (Lipinski definition) is 2. The molecule has 1 aromatic heterocycles. The third-order valence-electron chi connectivity index (χ3n) is 2.05. The lowest BCUT2D eigenvalue weighted by molar-refractivity contribution is 0.141. The molecule has 1 aromatic rings. The van der Waals surface area contributed by atoms with Crippen LogP contribution in [-0.2, 0) is 21.4 Å². The van der Waals surface area contributed by atoms with Gasteiger partial charge in [-0.05, 0) is 25.3 Å². The predicted octanol–water partition coefficient (Wildman–Crippen LogP) is 0.944. The summed E-state index contributed by atoms with van der Waals surface area (Å²) in [6.07, 6.45) is 0. The fourth-order valence-corrected chi connectivity index (χ4v) is 4.19. The molecular weight excluding hydrogens is 262 g/mol. The van der Waals surface area contributed by atoms with Crippen LogP contribution in [0.25, 0.3) is 0 Å². The number of thiophene rings is 1. The molecule has 0 aliphatic carbocycles. The topological polar surface area (TPSA) is 75.6 Å². The number of hydrogen-bond acceptors (Lipinski definition) is 5. The zero-order chi connectivity index (χ0) is 13.1. The summed E-state index contributed by atoms with van der Waals surface area (Å²) in [6.45, 7) is 3.46. The highest BCUT2D eigenvalue weighted by atomic mass is 32.2. The maximum Gasteiger partial charge on any atom is 0.242 e. The molecule has 0 saturated carbocycles. The molecule has 0 saturated heterocycles. The van der Waals surface area contributed by atoms with Gasteiger partial charge in [-0.1, -0.05) is 0 Å². The molecule has 1 rings (SSSR count). The molecule has 17 heavy (non-hydrogen) atoms. The van der Waals surface area contributed by atoms with Crippen LogP contribution < -0.4 is 4.72 Å². The summed E-state index contributed by atoms with van der Waals surface area (Å²) in [5.41, 5.74) is -0.692. The highest BCUT2D eigenvalue weighted by molar-refractivity contribution is 7.89. The van der Waals surface area contributed by atoms with Gasteiger partial charge in [-0.2, -0.15) is 0 Å². The molecule has 0 amide bonds. The SMILES string of the molecule is COCC(C)(C)NS(=O)(=O)c1ccsc1CO. The summed E-state index contributed by atoms with van der Waals surface area (Å²) in [5, 5.41) is 10.7. The molecule has 2 N–H and O–H groups in total. The molecule has 1 heterocycles. The minimum atomic E-state index is -3.62. The fraction of sp³-hybridized carbons (Fsp3) is 0.600. The lowest BCUT2D eigenvalue weighted by atomic mass is 10.1. The summed E-state index contributed by atoms with van der Waals surface area (Å²) >= 11 is 1.22. The molecule has 5 nitrogen and oxygen atoms in total. The lowest BCUT2D eigenvalue weighted by Crippen LogP contribution is -2.46. The van der Waals surface area contributed by atoms with Crippen molar-refractivity contribution >= 4 is 21.4 Å². The van der Waals surface area contributed by atoms with Gasteiger partial charge in [-0.25, -0.2) is 13.1 Å². The average Bonchev–Trinajstić information content (AvgIpc) is 2.63. The smallest absolute Gasteiger partial charge is 0.242 e. The third-order valence-corrected chi connectivity index (χ3v) is 4.87. The Morgan fingerprint density at radius 3 is 2.71 bits per heavy atom. The predicted molar refractivity (Wildman–Crippen MR) is 66.5 cm³/mol. The number of nitrogens with one attached hydrogen (secondary N) is 1. The maximum absolute atomic E-state index is 12.1. The second-order valence-corrected chi connectivity index (χ2v) is 6.94. The standard InChI is InChI=1S/C10H17NO4S2/c1-10(2,7-15-3)11-17(13,14)9-4-5-16-8(9)6-12/h4-5,11-12H,6-7H2,1-3H3. The molecule has 0 atom stereocenters. The van der Waals surface area contributed by atoms with E-state index in [9.17, 15) is 8.42 Å². The molecule has 0 aromatic carbocycles. The fourth-order valence-electron chi connectivity index (χ4n) is 1.49. The van der Waals surface area contributed by atoms with Crippen molar-refractivity contribution in [1.82, 2.24) is 4.72 Å². The Kier molecular flexibility index (Phi) is 4.68. The first-order valence-corrected chi connectivity index (χ1v) is 7.39. The van der Waals surface area contributed by atoms with Crippen molar-refractivity contribution in [2.75, 3.05) is 13.7 Å². The quantitative estimate of drug-likeness (QED) is 0.812. The maximum atomic E-state index is 12.1. The molecule has 0 fully saturated rings. The van der Waals surface area contributed by atoms with Crippen LogP contribution in [0, 0.1) is 0 Å². The van der Waals surface area contributed by atoms with Crippen LogP contribution in [0.5, 0.6) is 0 Å². The van der Waals surface area contributed by atoms with E-state index in [1.807, 2.05) is 0 Å². The van der Waals surface area contributed by atoms with Crippen molar-refractivity contribution in [3.63, 3.8) is 0 Å². The summed E-state index contributed by atoms with van der Waals surface area (Å²) in [5.74, 6) is 0. The van der Waals surface area contributed by atoms with Gasteiger partial charge in [0.2, 0.25) is 10.0 Å². The van der Waals surface area contributed by atoms with E-state index in [1.54, 1.807) is 19.2 Å². The minimum Gasteiger partial charge on any atom is -0.391 e. The number of sulfonamides is 1. The zero-order valence-corrected chi connectivity index (χ0v) is 11.7. The van der Waals surface area contributed by atoms with Crippen LogP contribution in [-0.4, -0.2) is 32.8 Å². The van der Waals surface area contributed by atoms with Crippen molar-refractivity contribution in [1.29, 1.82) is 0 Å². The Hall–Kier alpha value is -0.470. The molecule has 0 aliphatic heterocycles. The Bertz CT molecular complexity index is 464. The summed E-state index contributed by atoms with van der Waals surface area (Å²) in [4.78, 5) is 0.569. The molecule has 98 valence electrons. The average molecular weight is 279 g/mol. The Morgan fingerprint density at radius 1 is 1.53 bits per heavy atom. The summed E-state index contributed by atoms with van der Waals surface area (Å²) < 4.78 is 31.7. The Labute approximate surface area is 105 Å². The van der Waals surface area contributed by atoms with Crippen LogP contribution in [0.1, 0.15) is 18.7 Å². The van der Waals surface area contributed by atoms with Gasteiger partial charge in [0.05, 0.1) is 23.6 Å². The second kappa shape index (κ2) is 5.45. The Balaban J connectivity index is 2.97. The van der Waals surface area contributed by atoms with Crippen molar-refractivity contribution in [3.05, 3.63) is 16.3 Å². The van der Waals surface area contributed by atoms with Crippen LogP contribution >= 0.6 is 11.3 Å². The summed E-state index contributed by atoms with van der Waals surface area (Å²) in [6, 6.07) is 1.49. The zero-order valence-electron chi connectivity index (χ0n) is 10.1. The van der Waals surface area contributed by atoms with Crippen molar-refractivity contribution in [3.8, 4) is 0 Å². The van der Waals surface area contributed by atoms with Gasteiger partial charge in [0.1, 0.15) is 0 Å². The van der Waals surface area contributed by atoms with E-state index in [4.69, 9.17) is 9.84 Å². The van der Waals surface area contributed by atoms with Gasteiger partial charge in [0.25, 0.3) is 0 Å². The van der Waals surface area contributed by atoms with E-state index in [0.29, 0.717) is 4.88 Å². The molecule has 0 spiro atoms. The van der Waals surface area contributed by atoms with Gasteiger partial charge >= 0.3 is 0 Å². The summed E-state index contributed by atoms with van der Waals surface area (Å²) in [7, 11) is -2.11. The van der Waals surface area contributed by atoms with Crippen LogP contribution in [0.15, 0.2) is 16.3 Å². The Morgan fingerprint density at radius 2 is 2.18 bits per heavy atom. The van der Waals surface area contributed by atoms with E-state index >= 15 is 0 Å². The highest BCUT2D eigenvalue weighted by Crippen LogP contribution is 2.23. The van der Waals surface area contributed by atoms with Crippen LogP contribution in [0.2, 0.25) is 0 Å². The van der Waals surface area contributed by atoms with Gasteiger partial charge in [-0.3, -0.25) is 0 Å². The van der Waals surface area contributed by atoms with Gasteiger partial charge in [-0.15, -0.1) is 11.3 Å². The largest absolute Gasteiger partial charge is 0.391 e. The molecular formula is C10H17NO4S2.